The van der Waals surface area contributed by atoms with Crippen LogP contribution in [0, 0.1) is 0 Å². The molecule has 3 heteroatoms. The highest BCUT2D eigenvalue weighted by Crippen LogP contribution is 2.18. The number of ether oxygens (including phenoxy) is 1. The van der Waals surface area contributed by atoms with Crippen LogP contribution in [0.15, 0.2) is 54.6 Å². The fourth-order valence-electron chi connectivity index (χ4n) is 1.88. The van der Waals surface area contributed by atoms with E-state index in [1.165, 1.54) is 0 Å². The quantitative estimate of drug-likeness (QED) is 0.674. The Balaban J connectivity index is 1.97. The van der Waals surface area contributed by atoms with Crippen molar-refractivity contribution in [1.29, 1.82) is 0 Å². The summed E-state index contributed by atoms with van der Waals surface area (Å²) in [6.45, 7) is 1.86. The second kappa shape index (κ2) is 6.05. The Morgan fingerprint density at radius 2 is 1.74 bits per heavy atom. The molecule has 0 aromatic heterocycles. The average Bonchev–Trinajstić information content (AvgIpc) is 2.42. The van der Waals surface area contributed by atoms with Crippen molar-refractivity contribution in [2.75, 3.05) is 5.73 Å². The van der Waals surface area contributed by atoms with E-state index in [-0.39, 0.29) is 18.5 Å². The average molecular weight is 255 g/mol. The molecule has 2 aromatic carbocycles. The molecule has 0 bridgehead atoms. The number of anilines is 1. The van der Waals surface area contributed by atoms with Gasteiger partial charge >= 0.3 is 5.97 Å². The molecule has 1 atom stereocenters. The van der Waals surface area contributed by atoms with E-state index < -0.39 is 0 Å². The number of nitrogens with two attached hydrogens (primary N) is 1. The molecule has 0 saturated carbocycles. The molecule has 2 rings (SSSR count). The van der Waals surface area contributed by atoms with E-state index in [2.05, 4.69) is 0 Å². The van der Waals surface area contributed by atoms with Gasteiger partial charge in [0.2, 0.25) is 0 Å². The van der Waals surface area contributed by atoms with E-state index in [4.69, 9.17) is 10.5 Å². The molecular formula is C16H17NO2. The molecule has 0 aliphatic carbocycles. The molecule has 19 heavy (non-hydrogen) atoms. The number of hydrogen-bond acceptors (Lipinski definition) is 3. The molecule has 1 unspecified atom stereocenters. The molecular weight excluding hydrogens is 238 g/mol. The van der Waals surface area contributed by atoms with E-state index in [1.807, 2.05) is 55.5 Å². The standard InChI is InChI=1S/C16H17NO2/c1-12(13-7-3-2-4-8-13)19-16(18)11-14-9-5-6-10-15(14)17/h2-10,12H,11,17H2,1H3. The fourth-order valence-corrected chi connectivity index (χ4v) is 1.88. The normalized spacial score (nSPS) is 11.8. The predicted octanol–water partition coefficient (Wildman–Crippen LogP) is 3.12. The van der Waals surface area contributed by atoms with Gasteiger partial charge in [-0.15, -0.1) is 0 Å². The van der Waals surface area contributed by atoms with Gasteiger partial charge in [-0.3, -0.25) is 4.79 Å². The van der Waals surface area contributed by atoms with Gasteiger partial charge in [-0.05, 0) is 24.1 Å². The van der Waals surface area contributed by atoms with Crippen molar-refractivity contribution in [3.05, 3.63) is 65.7 Å². The Morgan fingerprint density at radius 1 is 1.11 bits per heavy atom. The third-order valence-corrected chi connectivity index (χ3v) is 2.97. The molecule has 0 amide bonds. The van der Waals surface area contributed by atoms with Crippen LogP contribution in [-0.2, 0) is 16.0 Å². The van der Waals surface area contributed by atoms with Crippen LogP contribution in [0.3, 0.4) is 0 Å². The van der Waals surface area contributed by atoms with E-state index >= 15 is 0 Å². The molecule has 0 radical (unpaired) electrons. The van der Waals surface area contributed by atoms with E-state index in [0.717, 1.165) is 11.1 Å². The lowest BCUT2D eigenvalue weighted by Gasteiger charge is -2.14. The van der Waals surface area contributed by atoms with Gasteiger partial charge in [-0.2, -0.15) is 0 Å². The molecule has 0 heterocycles. The highest BCUT2D eigenvalue weighted by molar-refractivity contribution is 5.75. The van der Waals surface area contributed by atoms with Crippen molar-refractivity contribution >= 4 is 11.7 Å². The van der Waals surface area contributed by atoms with Crippen LogP contribution in [-0.4, -0.2) is 5.97 Å². The van der Waals surface area contributed by atoms with E-state index in [0.29, 0.717) is 5.69 Å². The first-order valence-corrected chi connectivity index (χ1v) is 6.24. The van der Waals surface area contributed by atoms with Gasteiger partial charge in [-0.25, -0.2) is 0 Å². The second-order valence-electron chi connectivity index (χ2n) is 4.42. The fraction of sp³-hybridized carbons (Fsp3) is 0.188. The first kappa shape index (κ1) is 13.1. The summed E-state index contributed by atoms with van der Waals surface area (Å²) in [5.74, 6) is -0.269. The summed E-state index contributed by atoms with van der Waals surface area (Å²) in [5.41, 5.74) is 8.20. The topological polar surface area (TPSA) is 52.3 Å². The van der Waals surface area contributed by atoms with E-state index in [1.54, 1.807) is 6.07 Å². The van der Waals surface area contributed by atoms with Crippen molar-refractivity contribution < 1.29 is 9.53 Å². The summed E-state index contributed by atoms with van der Waals surface area (Å²) in [6, 6.07) is 17.0. The van der Waals surface area contributed by atoms with Gasteiger partial charge in [0.15, 0.2) is 0 Å². The summed E-state index contributed by atoms with van der Waals surface area (Å²) >= 11 is 0. The number of carbonyl (C=O) groups is 1. The maximum atomic E-state index is 11.9. The van der Waals surface area contributed by atoms with Gasteiger partial charge < -0.3 is 10.5 Å². The zero-order chi connectivity index (χ0) is 13.7. The molecule has 0 fully saturated rings. The first-order chi connectivity index (χ1) is 9.16. The van der Waals surface area contributed by atoms with Crippen LogP contribution in [0.5, 0.6) is 0 Å². The molecule has 98 valence electrons. The number of esters is 1. The molecule has 2 aromatic rings. The minimum Gasteiger partial charge on any atom is -0.458 e. The number of benzene rings is 2. The number of para-hydroxylation sites is 1. The zero-order valence-corrected chi connectivity index (χ0v) is 10.9. The monoisotopic (exact) mass is 255 g/mol. The summed E-state index contributed by atoms with van der Waals surface area (Å²) in [6.07, 6.45) is -0.0530. The van der Waals surface area contributed by atoms with Crippen LogP contribution < -0.4 is 5.73 Å². The lowest BCUT2D eigenvalue weighted by molar-refractivity contribution is -0.147. The lowest BCUT2D eigenvalue weighted by Crippen LogP contribution is -2.12. The number of carbonyl (C=O) groups excluding carboxylic acids is 1. The Labute approximate surface area is 113 Å². The molecule has 3 nitrogen and oxygen atoms in total. The third-order valence-electron chi connectivity index (χ3n) is 2.97. The number of hydrogen-bond donors (Lipinski definition) is 1. The van der Waals surface area contributed by atoms with Crippen LogP contribution in [0.4, 0.5) is 5.69 Å². The predicted molar refractivity (Wildman–Crippen MR) is 75.5 cm³/mol. The number of rotatable bonds is 4. The molecule has 0 aliphatic rings. The van der Waals surface area contributed by atoms with Gasteiger partial charge in [0, 0.05) is 5.69 Å². The summed E-state index contributed by atoms with van der Waals surface area (Å²) in [7, 11) is 0. The Morgan fingerprint density at radius 3 is 2.42 bits per heavy atom. The smallest absolute Gasteiger partial charge is 0.310 e. The molecule has 0 spiro atoms. The lowest BCUT2D eigenvalue weighted by atomic mass is 10.1. The second-order valence-corrected chi connectivity index (χ2v) is 4.42. The minimum atomic E-state index is -0.269. The van der Waals surface area contributed by atoms with Crippen molar-refractivity contribution in [3.63, 3.8) is 0 Å². The van der Waals surface area contributed by atoms with Crippen LogP contribution in [0.1, 0.15) is 24.2 Å². The van der Waals surface area contributed by atoms with Gasteiger partial charge in [0.05, 0.1) is 6.42 Å². The molecule has 0 aliphatic heterocycles. The maximum Gasteiger partial charge on any atom is 0.310 e. The van der Waals surface area contributed by atoms with Crippen molar-refractivity contribution in [2.24, 2.45) is 0 Å². The summed E-state index contributed by atoms with van der Waals surface area (Å²) in [4.78, 5) is 11.9. The first-order valence-electron chi connectivity index (χ1n) is 6.24. The van der Waals surface area contributed by atoms with Crippen LogP contribution in [0.25, 0.3) is 0 Å². The van der Waals surface area contributed by atoms with Crippen LogP contribution in [0.2, 0.25) is 0 Å². The van der Waals surface area contributed by atoms with Gasteiger partial charge in [-0.1, -0.05) is 48.5 Å². The third kappa shape index (κ3) is 3.58. The van der Waals surface area contributed by atoms with Gasteiger partial charge in [0.25, 0.3) is 0 Å². The number of nitrogen functional groups attached to an aromatic ring is 1. The Bertz CT molecular complexity index is 552. The SMILES string of the molecule is CC(OC(=O)Cc1ccccc1N)c1ccccc1. The maximum absolute atomic E-state index is 11.9. The van der Waals surface area contributed by atoms with Crippen molar-refractivity contribution in [3.8, 4) is 0 Å². The summed E-state index contributed by atoms with van der Waals surface area (Å²) < 4.78 is 5.40. The minimum absolute atomic E-state index is 0.198. The summed E-state index contributed by atoms with van der Waals surface area (Å²) in [5, 5.41) is 0. The van der Waals surface area contributed by atoms with Gasteiger partial charge in [0.1, 0.15) is 6.10 Å². The zero-order valence-electron chi connectivity index (χ0n) is 10.9. The highest BCUT2D eigenvalue weighted by Gasteiger charge is 2.12. The van der Waals surface area contributed by atoms with Crippen molar-refractivity contribution in [2.45, 2.75) is 19.4 Å². The largest absolute Gasteiger partial charge is 0.458 e. The van der Waals surface area contributed by atoms with E-state index in [9.17, 15) is 4.79 Å². The Hall–Kier alpha value is -2.29. The highest BCUT2D eigenvalue weighted by atomic mass is 16.5. The Kier molecular flexibility index (Phi) is 4.18. The molecule has 2 N–H and O–H groups in total. The van der Waals surface area contributed by atoms with Crippen LogP contribution >= 0.6 is 0 Å². The van der Waals surface area contributed by atoms with Crippen molar-refractivity contribution in [1.82, 2.24) is 0 Å². The molecule has 0 saturated heterocycles.